The summed E-state index contributed by atoms with van der Waals surface area (Å²) < 4.78 is 0. The summed E-state index contributed by atoms with van der Waals surface area (Å²) in [5.41, 5.74) is 0. The Hall–Kier alpha value is -3.83. The smallest absolute Gasteiger partial charge is 0.229 e. The van der Waals surface area contributed by atoms with Crippen LogP contribution in [-0.4, -0.2) is 161 Å². The Kier molecular flexibility index (Phi) is 18.9. The maximum Gasteiger partial charge on any atom is 0.229 e. The topological polar surface area (TPSA) is 213 Å². The van der Waals surface area contributed by atoms with Crippen molar-refractivity contribution in [3.63, 3.8) is 0 Å². The molecular weight excluding hydrogens is 600 g/mol. The Bertz CT molecular complexity index is 1030. The van der Waals surface area contributed by atoms with E-state index < -0.39 is 23.6 Å². The lowest BCUT2D eigenvalue weighted by molar-refractivity contribution is -0.130. The lowest BCUT2D eigenvalue weighted by atomic mass is 10.2. The van der Waals surface area contributed by atoms with E-state index in [-0.39, 0.29) is 63.0 Å². The maximum atomic E-state index is 12.5. The Labute approximate surface area is 270 Å². The van der Waals surface area contributed by atoms with E-state index in [9.17, 15) is 33.6 Å². The number of amides is 7. The lowest BCUT2D eigenvalue weighted by Crippen LogP contribution is -2.46. The first kappa shape index (κ1) is 38.4. The number of carbonyl (C=O) groups excluding carboxylic acids is 7. The van der Waals surface area contributed by atoms with E-state index in [2.05, 4.69) is 47.0 Å². The molecule has 2 heterocycles. The Balaban J connectivity index is 2.22. The molecule has 2 unspecified atom stereocenters. The fourth-order valence-corrected chi connectivity index (χ4v) is 4.83. The third kappa shape index (κ3) is 18.2. The molecule has 2 rings (SSSR count). The molecule has 0 aromatic heterocycles. The molecule has 0 saturated carbocycles. The largest absolute Gasteiger partial charge is 0.355 e. The summed E-state index contributed by atoms with van der Waals surface area (Å²) in [6.07, 6.45) is -0.181. The summed E-state index contributed by atoms with van der Waals surface area (Å²) in [4.78, 5) is 92.4. The highest BCUT2D eigenvalue weighted by Gasteiger charge is 2.16. The number of hydrogen-bond acceptors (Lipinski definition) is 10. The van der Waals surface area contributed by atoms with Crippen molar-refractivity contribution in [1.29, 1.82) is 0 Å². The predicted molar refractivity (Wildman–Crippen MR) is 169 cm³/mol. The molecule has 0 spiro atoms. The molecule has 17 heteroatoms. The van der Waals surface area contributed by atoms with Crippen LogP contribution >= 0.6 is 0 Å². The molecule has 0 radical (unpaired) electrons. The quantitative estimate of drug-likeness (QED) is 0.145. The zero-order valence-corrected chi connectivity index (χ0v) is 27.0. The minimum atomic E-state index is -0.425. The zero-order chi connectivity index (χ0) is 33.6. The number of carbonyl (C=O) groups is 7. The van der Waals surface area contributed by atoms with E-state index in [1.807, 2.05) is 4.90 Å². The van der Waals surface area contributed by atoms with Gasteiger partial charge in [-0.3, -0.25) is 48.3 Å². The number of rotatable bonds is 4. The fraction of sp³-hybridized carbons (Fsp3) is 0.759. The minimum absolute atomic E-state index is 0.0410. The summed E-state index contributed by atoms with van der Waals surface area (Å²) in [5.74, 6) is -2.21. The van der Waals surface area contributed by atoms with E-state index >= 15 is 0 Å². The molecule has 17 nitrogen and oxygen atoms in total. The van der Waals surface area contributed by atoms with Gasteiger partial charge in [-0.1, -0.05) is 6.92 Å². The number of hydrogen-bond donors (Lipinski definition) is 7. The zero-order valence-electron chi connectivity index (χ0n) is 27.0. The van der Waals surface area contributed by atoms with Gasteiger partial charge in [0.25, 0.3) is 0 Å². The predicted octanol–water partition coefficient (Wildman–Crippen LogP) is -4.30. The van der Waals surface area contributed by atoms with Gasteiger partial charge in [0, 0.05) is 124 Å². The highest BCUT2D eigenvalue weighted by molar-refractivity contribution is 5.97. The Morgan fingerprint density at radius 2 is 0.913 bits per heavy atom. The Morgan fingerprint density at radius 1 is 0.543 bits per heavy atom. The molecule has 0 aliphatic carbocycles. The molecule has 2 aliphatic heterocycles. The van der Waals surface area contributed by atoms with Crippen LogP contribution in [0.15, 0.2) is 0 Å². The standard InChI is InChI=1S/C29H52N10O7/c1-2-23(40)30-5-15-38-17-10-35-28(45)21-26(43)33-8-13-37-12-6-31-24(41)3-4-25(42)32-7-16-39(20-19-38)18-11-36-29(46)22-27(44)34-9-14-37/h2-22H2,1H3,(H,30,40)(H,31,41)(H,32,42)(H,33,43)(H,34,44)(H,35,45)(H,36,46). The number of fused-ring (bicyclic) bond motifs is 10. The molecule has 2 saturated heterocycles. The van der Waals surface area contributed by atoms with Gasteiger partial charge in [-0.15, -0.1) is 0 Å². The minimum Gasteiger partial charge on any atom is -0.355 e. The van der Waals surface area contributed by atoms with Gasteiger partial charge in [0.1, 0.15) is 12.8 Å². The third-order valence-electron chi connectivity index (χ3n) is 7.53. The van der Waals surface area contributed by atoms with Gasteiger partial charge >= 0.3 is 0 Å². The second-order valence-electron chi connectivity index (χ2n) is 11.2. The van der Waals surface area contributed by atoms with Crippen LogP contribution in [0.25, 0.3) is 0 Å². The van der Waals surface area contributed by atoms with Gasteiger partial charge < -0.3 is 37.2 Å². The van der Waals surface area contributed by atoms with Crippen molar-refractivity contribution in [1.82, 2.24) is 51.9 Å². The molecule has 260 valence electrons. The van der Waals surface area contributed by atoms with E-state index in [1.54, 1.807) is 6.92 Å². The third-order valence-corrected chi connectivity index (χ3v) is 7.53. The van der Waals surface area contributed by atoms with E-state index in [0.29, 0.717) is 91.5 Å². The summed E-state index contributed by atoms with van der Waals surface area (Å²) in [5, 5.41) is 19.6. The van der Waals surface area contributed by atoms with Crippen LogP contribution in [0.2, 0.25) is 0 Å². The van der Waals surface area contributed by atoms with Gasteiger partial charge in [-0.05, 0) is 0 Å². The first-order chi connectivity index (χ1) is 22.1. The molecular formula is C29H52N10O7. The molecule has 7 amide bonds. The second-order valence-corrected chi connectivity index (χ2v) is 11.2. The van der Waals surface area contributed by atoms with Gasteiger partial charge in [-0.25, -0.2) is 0 Å². The molecule has 0 aromatic rings. The van der Waals surface area contributed by atoms with E-state index in [4.69, 9.17) is 0 Å². The van der Waals surface area contributed by atoms with Gasteiger partial charge in [0.2, 0.25) is 41.4 Å². The highest BCUT2D eigenvalue weighted by atomic mass is 16.2. The van der Waals surface area contributed by atoms with Crippen molar-refractivity contribution in [2.75, 3.05) is 105 Å². The molecule has 2 atom stereocenters. The monoisotopic (exact) mass is 652 g/mol. The van der Waals surface area contributed by atoms with Crippen LogP contribution in [0, 0.1) is 0 Å². The van der Waals surface area contributed by atoms with Crippen LogP contribution in [-0.2, 0) is 33.6 Å². The van der Waals surface area contributed by atoms with Crippen LogP contribution in [0.5, 0.6) is 0 Å². The molecule has 2 fully saturated rings. The number of nitrogens with zero attached hydrogens (tertiary/aromatic N) is 3. The number of nitrogens with one attached hydrogen (secondary N) is 7. The fourth-order valence-electron chi connectivity index (χ4n) is 4.83. The van der Waals surface area contributed by atoms with Crippen molar-refractivity contribution in [3.05, 3.63) is 0 Å². The molecule has 2 bridgehead atoms. The van der Waals surface area contributed by atoms with Gasteiger partial charge in [-0.2, -0.15) is 0 Å². The summed E-state index contributed by atoms with van der Waals surface area (Å²) in [7, 11) is 0. The van der Waals surface area contributed by atoms with Gasteiger partial charge in [0.15, 0.2) is 0 Å². The van der Waals surface area contributed by atoms with Crippen LogP contribution in [0.1, 0.15) is 39.0 Å². The van der Waals surface area contributed by atoms with Crippen LogP contribution in [0.3, 0.4) is 0 Å². The first-order valence-corrected chi connectivity index (χ1v) is 16.2. The van der Waals surface area contributed by atoms with Gasteiger partial charge in [0.05, 0.1) is 0 Å². The average molecular weight is 653 g/mol. The average Bonchev–Trinajstić information content (AvgIpc) is 3.00. The van der Waals surface area contributed by atoms with E-state index in [0.717, 1.165) is 0 Å². The summed E-state index contributed by atoms with van der Waals surface area (Å²) in [6, 6.07) is 0. The SMILES string of the molecule is CCC(=O)NCCN1CCNC(=O)CC(=O)NCCN2CCNC(=O)CCC(=O)NCCN(CCNC(=O)CC(=O)NCC2)CC1. The first-order valence-electron chi connectivity index (χ1n) is 16.2. The second kappa shape index (κ2) is 22.6. The highest BCUT2D eigenvalue weighted by Crippen LogP contribution is 1.96. The van der Waals surface area contributed by atoms with Crippen molar-refractivity contribution >= 4 is 41.4 Å². The maximum absolute atomic E-state index is 12.5. The Morgan fingerprint density at radius 3 is 1.33 bits per heavy atom. The normalized spacial score (nSPS) is 23.8. The van der Waals surface area contributed by atoms with Crippen molar-refractivity contribution < 1.29 is 33.6 Å². The summed E-state index contributed by atoms with van der Waals surface area (Å²) >= 11 is 0. The van der Waals surface area contributed by atoms with Crippen molar-refractivity contribution in [2.24, 2.45) is 0 Å². The lowest BCUT2D eigenvalue weighted by Gasteiger charge is -2.28. The molecule has 0 aromatic carbocycles. The van der Waals surface area contributed by atoms with E-state index in [1.165, 1.54) is 0 Å². The van der Waals surface area contributed by atoms with Crippen LogP contribution < -0.4 is 37.2 Å². The molecule has 2 aliphatic rings. The van der Waals surface area contributed by atoms with Crippen molar-refractivity contribution in [3.8, 4) is 0 Å². The van der Waals surface area contributed by atoms with Crippen molar-refractivity contribution in [2.45, 2.75) is 39.0 Å². The molecule has 46 heavy (non-hydrogen) atoms. The van der Waals surface area contributed by atoms with Crippen LogP contribution in [0.4, 0.5) is 0 Å². The summed E-state index contributed by atoms with van der Waals surface area (Å²) in [6.45, 7) is 8.13. The molecule has 7 N–H and O–H groups in total.